The van der Waals surface area contributed by atoms with E-state index in [4.69, 9.17) is 15.3 Å². The van der Waals surface area contributed by atoms with Crippen molar-refractivity contribution >= 4 is 22.6 Å². The van der Waals surface area contributed by atoms with Gasteiger partial charge >= 0.3 is 5.97 Å². The molecular weight excluding hydrogens is 182 g/mol. The van der Waals surface area contributed by atoms with Gasteiger partial charge in [-0.3, -0.25) is 4.79 Å². The van der Waals surface area contributed by atoms with Crippen LogP contribution in [0.25, 0.3) is 11.0 Å². The summed E-state index contributed by atoms with van der Waals surface area (Å²) in [6.45, 7) is 0. The van der Waals surface area contributed by atoms with E-state index in [1.54, 1.807) is 18.2 Å². The van der Waals surface area contributed by atoms with Crippen molar-refractivity contribution in [2.75, 3.05) is 5.73 Å². The number of hydrogen-bond donors (Lipinski definition) is 2. The Morgan fingerprint density at radius 3 is 3.00 bits per heavy atom. The molecule has 14 heavy (non-hydrogen) atoms. The smallest absolute Gasteiger partial charge is 0.307 e. The van der Waals surface area contributed by atoms with Gasteiger partial charge in [-0.2, -0.15) is 0 Å². The number of benzene rings is 1. The third-order valence-corrected chi connectivity index (χ3v) is 2.02. The molecule has 4 nitrogen and oxygen atoms in total. The molecule has 1 aromatic carbocycles. The van der Waals surface area contributed by atoms with Crippen molar-refractivity contribution in [3.05, 3.63) is 30.0 Å². The van der Waals surface area contributed by atoms with E-state index in [1.165, 1.54) is 6.26 Å². The van der Waals surface area contributed by atoms with Crippen molar-refractivity contribution in [1.29, 1.82) is 0 Å². The van der Waals surface area contributed by atoms with Crippen molar-refractivity contribution < 1.29 is 14.3 Å². The first-order chi connectivity index (χ1) is 6.66. The number of carbonyl (C=O) groups is 1. The molecule has 0 aliphatic heterocycles. The number of aliphatic carboxylic acids is 1. The zero-order chi connectivity index (χ0) is 10.1. The van der Waals surface area contributed by atoms with Crippen LogP contribution in [0.2, 0.25) is 0 Å². The Hall–Kier alpha value is -1.97. The first-order valence-electron chi connectivity index (χ1n) is 4.14. The van der Waals surface area contributed by atoms with Gasteiger partial charge in [0.25, 0.3) is 0 Å². The number of hydrogen-bond acceptors (Lipinski definition) is 3. The fourth-order valence-electron chi connectivity index (χ4n) is 1.38. The second-order valence-corrected chi connectivity index (χ2v) is 3.09. The first-order valence-corrected chi connectivity index (χ1v) is 4.14. The average molecular weight is 191 g/mol. The molecule has 0 unspecified atom stereocenters. The van der Waals surface area contributed by atoms with Gasteiger partial charge in [0.1, 0.15) is 11.8 Å². The molecule has 2 aromatic rings. The van der Waals surface area contributed by atoms with Gasteiger partial charge in [0.2, 0.25) is 0 Å². The summed E-state index contributed by atoms with van der Waals surface area (Å²) < 4.78 is 5.14. The minimum absolute atomic E-state index is 0.000556. The molecule has 1 aromatic heterocycles. The van der Waals surface area contributed by atoms with Crippen LogP contribution >= 0.6 is 0 Å². The summed E-state index contributed by atoms with van der Waals surface area (Å²) in [5.41, 5.74) is 7.57. The van der Waals surface area contributed by atoms with Gasteiger partial charge in [-0.25, -0.2) is 0 Å². The van der Waals surface area contributed by atoms with Gasteiger partial charge in [0, 0.05) is 5.39 Å². The Balaban J connectivity index is 2.49. The maximum absolute atomic E-state index is 10.5. The molecule has 0 fully saturated rings. The van der Waals surface area contributed by atoms with Gasteiger partial charge < -0.3 is 15.3 Å². The van der Waals surface area contributed by atoms with E-state index < -0.39 is 5.97 Å². The largest absolute Gasteiger partial charge is 0.481 e. The number of carboxylic acid groups (broad SMARTS) is 1. The molecule has 0 saturated carbocycles. The maximum atomic E-state index is 10.5. The highest BCUT2D eigenvalue weighted by atomic mass is 16.4. The van der Waals surface area contributed by atoms with Gasteiger partial charge in [0.05, 0.1) is 12.1 Å². The summed E-state index contributed by atoms with van der Waals surface area (Å²) in [7, 11) is 0. The average Bonchev–Trinajstić information content (AvgIpc) is 2.47. The minimum Gasteiger partial charge on any atom is -0.481 e. The molecule has 0 amide bonds. The molecule has 3 N–H and O–H groups in total. The zero-order valence-corrected chi connectivity index (χ0v) is 7.36. The van der Waals surface area contributed by atoms with Crippen LogP contribution in [0.1, 0.15) is 5.56 Å². The van der Waals surface area contributed by atoms with E-state index in [2.05, 4.69) is 0 Å². The molecule has 0 atom stereocenters. The lowest BCUT2D eigenvalue weighted by molar-refractivity contribution is -0.136. The summed E-state index contributed by atoms with van der Waals surface area (Å²) in [5, 5.41) is 9.37. The quantitative estimate of drug-likeness (QED) is 0.756. The number of fused-ring (bicyclic) bond motifs is 1. The van der Waals surface area contributed by atoms with E-state index in [1.807, 2.05) is 0 Å². The Bertz CT molecular complexity index is 487. The number of furan rings is 1. The number of rotatable bonds is 2. The fraction of sp³-hybridized carbons (Fsp3) is 0.100. The highest BCUT2D eigenvalue weighted by Gasteiger charge is 2.05. The number of nitrogens with two attached hydrogens (primary N) is 1. The van der Waals surface area contributed by atoms with Crippen molar-refractivity contribution in [3.8, 4) is 0 Å². The van der Waals surface area contributed by atoms with Crippen LogP contribution in [-0.2, 0) is 11.2 Å². The molecule has 0 bridgehead atoms. The Morgan fingerprint density at radius 1 is 1.50 bits per heavy atom. The molecule has 0 aliphatic rings. The van der Waals surface area contributed by atoms with E-state index in [9.17, 15) is 4.79 Å². The molecule has 0 aliphatic carbocycles. The van der Waals surface area contributed by atoms with Gasteiger partial charge in [0.15, 0.2) is 0 Å². The van der Waals surface area contributed by atoms with Crippen LogP contribution in [-0.4, -0.2) is 11.1 Å². The predicted molar refractivity (Wildman–Crippen MR) is 52.0 cm³/mol. The van der Waals surface area contributed by atoms with Crippen LogP contribution in [0, 0.1) is 0 Å². The fourth-order valence-corrected chi connectivity index (χ4v) is 1.38. The highest BCUT2D eigenvalue weighted by Crippen LogP contribution is 2.24. The molecule has 4 heteroatoms. The van der Waals surface area contributed by atoms with Crippen LogP contribution in [0.3, 0.4) is 0 Å². The van der Waals surface area contributed by atoms with Crippen LogP contribution in [0.5, 0.6) is 0 Å². The highest BCUT2D eigenvalue weighted by molar-refractivity contribution is 5.90. The number of carboxylic acids is 1. The predicted octanol–water partition coefficient (Wildman–Crippen LogP) is 1.64. The monoisotopic (exact) mass is 191 g/mol. The molecule has 1 heterocycles. The lowest BCUT2D eigenvalue weighted by Crippen LogP contribution is -1.99. The van der Waals surface area contributed by atoms with Crippen molar-refractivity contribution in [1.82, 2.24) is 0 Å². The van der Waals surface area contributed by atoms with E-state index >= 15 is 0 Å². The normalized spacial score (nSPS) is 10.6. The van der Waals surface area contributed by atoms with E-state index in [0.29, 0.717) is 11.3 Å². The molecule has 0 saturated heterocycles. The van der Waals surface area contributed by atoms with Crippen molar-refractivity contribution in [2.24, 2.45) is 0 Å². The summed E-state index contributed by atoms with van der Waals surface area (Å²) in [4.78, 5) is 10.5. The minimum atomic E-state index is -0.855. The standard InChI is InChI=1S/C10H9NO3/c11-8-5-14-9-2-1-6(3-7(8)9)4-10(12)13/h1-3,5H,4,11H2,(H,12,13). The lowest BCUT2D eigenvalue weighted by atomic mass is 10.1. The van der Waals surface area contributed by atoms with Gasteiger partial charge in [-0.15, -0.1) is 0 Å². The number of anilines is 1. The molecule has 0 radical (unpaired) electrons. The van der Waals surface area contributed by atoms with Crippen LogP contribution in [0.15, 0.2) is 28.9 Å². The lowest BCUT2D eigenvalue weighted by Gasteiger charge is -1.96. The topological polar surface area (TPSA) is 76.5 Å². The van der Waals surface area contributed by atoms with Crippen LogP contribution < -0.4 is 5.73 Å². The summed E-state index contributed by atoms with van der Waals surface area (Å²) >= 11 is 0. The van der Waals surface area contributed by atoms with E-state index in [-0.39, 0.29) is 6.42 Å². The molecule has 72 valence electrons. The molecular formula is C10H9NO3. The van der Waals surface area contributed by atoms with Crippen molar-refractivity contribution in [3.63, 3.8) is 0 Å². The van der Waals surface area contributed by atoms with Crippen LogP contribution in [0.4, 0.5) is 5.69 Å². The summed E-state index contributed by atoms with van der Waals surface area (Å²) in [5.74, 6) is -0.855. The first kappa shape index (κ1) is 8.62. The SMILES string of the molecule is Nc1coc2ccc(CC(=O)O)cc12. The third kappa shape index (κ3) is 1.42. The second kappa shape index (κ2) is 3.06. The summed E-state index contributed by atoms with van der Waals surface area (Å²) in [6, 6.07) is 5.19. The second-order valence-electron chi connectivity index (χ2n) is 3.09. The van der Waals surface area contributed by atoms with Gasteiger partial charge in [-0.1, -0.05) is 6.07 Å². The number of nitrogen functional groups attached to an aromatic ring is 1. The Morgan fingerprint density at radius 2 is 2.29 bits per heavy atom. The molecule has 2 rings (SSSR count). The maximum Gasteiger partial charge on any atom is 0.307 e. The third-order valence-electron chi connectivity index (χ3n) is 2.02. The van der Waals surface area contributed by atoms with Gasteiger partial charge in [-0.05, 0) is 17.7 Å². The molecule has 0 spiro atoms. The Kier molecular flexibility index (Phi) is 1.89. The zero-order valence-electron chi connectivity index (χ0n) is 7.36. The van der Waals surface area contributed by atoms with E-state index in [0.717, 1.165) is 10.9 Å². The summed E-state index contributed by atoms with van der Waals surface area (Å²) in [6.07, 6.45) is 1.45. The Labute approximate surface area is 79.9 Å². The van der Waals surface area contributed by atoms with Crippen molar-refractivity contribution in [2.45, 2.75) is 6.42 Å².